The van der Waals surface area contributed by atoms with Gasteiger partial charge >= 0.3 is 23.9 Å². The van der Waals surface area contributed by atoms with E-state index in [2.05, 4.69) is 110 Å². The van der Waals surface area contributed by atoms with Crippen LogP contribution >= 0.6 is 25.3 Å². The second-order valence-corrected chi connectivity index (χ2v) is 32.7. The quantitative estimate of drug-likeness (QED) is 0.0108. The molecule has 2 saturated heterocycles. The van der Waals surface area contributed by atoms with E-state index in [0.29, 0.717) is 28.5 Å². The molecule has 1 aromatic heterocycles. The number of carboxylic acids is 4. The first-order chi connectivity index (χ1) is 63.4. The second-order valence-electron chi connectivity index (χ2n) is 32.0. The first kappa shape index (κ1) is 111. The monoisotopic (exact) mass is 1920 g/mol. The highest BCUT2D eigenvalue weighted by atomic mass is 32.1. The SMILES string of the molecule is C[C@H](NC(=O)CNC(=O)[C@H](CCC(=O)O)NC(=O)[C@@H]1CCCN1C(=O)[C@@H](NC(=O)[C@H](CCC(=O)O)NC(=O)[C@H](CCCNC(=N)N)NC(=O)[C@H](CCC(N)=O)NC(=O)CNC(=O)[C@@H](N)CS)[C@@H](C)O)C(=O)N[C@@H](CCC(=O)O)C(=O)N[C@@H](C)C(=O)N[C@@H](CCCCN)C(=O)N1CCC[C@H]1C(=O)N[C@@H](Cc1c[nH]c2ccccc12)C(=O)N[C@@H](Cc1ccc(O)cc1)C(=O)N[C@@H](CS)C(=O)O. The molecule has 31 N–H and O–H groups in total. The average Bonchev–Trinajstić information content (AvgIpc) is 1.65. The number of nitrogens with zero attached hydrogens (tertiary/aromatic N) is 2. The zero-order valence-electron chi connectivity index (χ0n) is 73.9. The highest BCUT2D eigenvalue weighted by Gasteiger charge is 2.44. The van der Waals surface area contributed by atoms with Crippen molar-refractivity contribution in [3.05, 3.63) is 65.9 Å². The first-order valence-electron chi connectivity index (χ1n) is 43.1. The number of thiol groups is 2. The van der Waals surface area contributed by atoms with E-state index < -0.39 is 291 Å². The van der Waals surface area contributed by atoms with Crippen LogP contribution in [0.1, 0.15) is 141 Å². The van der Waals surface area contributed by atoms with Gasteiger partial charge in [-0.1, -0.05) is 30.3 Å². The molecule has 3 heterocycles. The molecule has 0 aliphatic carbocycles. The number of carboxylic acid groups (broad SMARTS) is 4. The van der Waals surface area contributed by atoms with Crippen LogP contribution in [0, 0.1) is 5.41 Å². The summed E-state index contributed by atoms with van der Waals surface area (Å²) in [6, 6.07) is -10.8. The Morgan fingerprint density at radius 3 is 1.43 bits per heavy atom. The number of nitrogens with one attached hydrogen (secondary N) is 17. The number of para-hydroxylation sites is 1. The van der Waals surface area contributed by atoms with Gasteiger partial charge in [0, 0.05) is 86.8 Å². The number of nitrogens with two attached hydrogens (primary N) is 4. The Balaban J connectivity index is 1.25. The van der Waals surface area contributed by atoms with Crippen LogP contribution in [0.15, 0.2) is 54.7 Å². The van der Waals surface area contributed by atoms with E-state index in [1.807, 2.05) is 0 Å². The number of phenolic OH excluding ortho intramolecular Hbond substituents is 1. The number of fused-ring (bicyclic) bond motifs is 1. The number of primary amides is 1. The number of aromatic nitrogens is 1. The molecule has 134 heavy (non-hydrogen) atoms. The number of unbranched alkanes of at least 4 members (excludes halogenated alkanes) is 1. The Kier molecular flexibility index (Phi) is 46.2. The Hall–Kier alpha value is -13.5. The van der Waals surface area contributed by atoms with Gasteiger partial charge in [-0.3, -0.25) is 101 Å². The molecule has 0 bridgehead atoms. The van der Waals surface area contributed by atoms with Gasteiger partial charge in [0.1, 0.15) is 90.3 Å². The van der Waals surface area contributed by atoms with Crippen LogP contribution in [0.25, 0.3) is 10.9 Å². The van der Waals surface area contributed by atoms with Gasteiger partial charge in [0.15, 0.2) is 5.96 Å². The number of aliphatic hydroxyl groups is 1. The van der Waals surface area contributed by atoms with E-state index in [9.17, 15) is 131 Å². The highest BCUT2D eigenvalue weighted by molar-refractivity contribution is 7.80. The Bertz CT molecular complexity index is 4700. The summed E-state index contributed by atoms with van der Waals surface area (Å²) < 4.78 is 0. The minimum atomic E-state index is -1.98. The zero-order valence-corrected chi connectivity index (χ0v) is 75.7. The molecular formula is C82H121N23O27S2. The zero-order chi connectivity index (χ0) is 99.8. The number of hydrogen-bond donors (Lipinski definition) is 29. The summed E-state index contributed by atoms with van der Waals surface area (Å²) >= 11 is 7.97. The third-order valence-corrected chi connectivity index (χ3v) is 22.3. The molecule has 3 aromatic rings. The van der Waals surface area contributed by atoms with Gasteiger partial charge in [0.2, 0.25) is 100 Å². The van der Waals surface area contributed by atoms with Crippen molar-refractivity contribution in [2.24, 2.45) is 22.9 Å². The number of likely N-dealkylation sites (tertiary alicyclic amines) is 2. The summed E-state index contributed by atoms with van der Waals surface area (Å²) in [5, 5.41) is 104. The number of aliphatic hydroxyl groups excluding tert-OH is 1. The lowest BCUT2D eigenvalue weighted by Crippen LogP contribution is -2.61. The molecule has 2 aliphatic heterocycles. The van der Waals surface area contributed by atoms with Gasteiger partial charge in [0.25, 0.3) is 0 Å². The standard InChI is InChI=1S/C82H121N23O27S2/c1-40(92-61(109)36-91-70(120)50(22-26-63(111)112)98-77(127)59-16-10-32-105(59)80(130)66(42(3)106)103-74(124)53(24-28-65(115)116)97-72(122)49(14-8-30-88-82(86)87)96-73(123)51(21-25-60(85)108)94-62(110)37-90-69(119)47(84)38-133)67(117)95-52(23-27-64(113)114)71(121)93-41(2)68(118)99-54(13-6-7-29-83)79(129)104-31-9-15-58(104)78(128)101-56(34-44-35-89-48-12-5-4-11-46(44)48)76(126)100-55(33-43-17-19-45(107)20-18-43)75(125)102-57(39-134)81(131)132/h4-5,11-12,17-20,35,40-42,47,49-59,66,89,106-107,133-134H,6-10,13-16,21-34,36-39,83-84H2,1-3H3,(H2,85,108)(H,90,119)(H,91,120)(H,92,109)(H,93,121)(H,94,110)(H,95,117)(H,96,123)(H,97,122)(H,98,127)(H,99,118)(H,100,126)(H,101,128)(H,102,125)(H,103,124)(H,111,112)(H,113,114)(H,115,116)(H,131,132)(H4,86,87,88)/t40-,41-,42+,47-,49-,50-,51-,52-,53-,54-,55-,56-,57-,58-,59-,66-/m0/s1. The van der Waals surface area contributed by atoms with E-state index in [-0.39, 0.29) is 108 Å². The largest absolute Gasteiger partial charge is 0.508 e. The van der Waals surface area contributed by atoms with Crippen LogP contribution in [0.2, 0.25) is 0 Å². The van der Waals surface area contributed by atoms with Crippen molar-refractivity contribution < 1.29 is 131 Å². The fourth-order valence-corrected chi connectivity index (χ4v) is 14.6. The summed E-state index contributed by atoms with van der Waals surface area (Å²) in [5.74, 6) is -24.2. The summed E-state index contributed by atoms with van der Waals surface area (Å²) in [6.07, 6.45) is -5.43. The maximum absolute atomic E-state index is 14.8. The molecule has 5 rings (SSSR count). The number of amides is 17. The number of guanidine groups is 1. The number of aromatic amines is 1. The molecule has 0 unspecified atom stereocenters. The highest BCUT2D eigenvalue weighted by Crippen LogP contribution is 2.25. The van der Waals surface area contributed by atoms with Crippen molar-refractivity contribution in [2.75, 3.05) is 50.8 Å². The van der Waals surface area contributed by atoms with Gasteiger partial charge in [-0.25, -0.2) is 4.79 Å². The number of aliphatic carboxylic acids is 4. The number of benzene rings is 2. The molecule has 2 fully saturated rings. The topological polar surface area (TPSA) is 811 Å². The van der Waals surface area contributed by atoms with Gasteiger partial charge < -0.3 is 148 Å². The lowest BCUT2D eigenvalue weighted by molar-refractivity contribution is -0.145. The van der Waals surface area contributed by atoms with Crippen LogP contribution in [0.4, 0.5) is 0 Å². The normalized spacial score (nSPS) is 16.5. The second kappa shape index (κ2) is 55.7. The van der Waals surface area contributed by atoms with E-state index in [0.717, 1.165) is 18.7 Å². The molecule has 0 spiro atoms. The van der Waals surface area contributed by atoms with Gasteiger partial charge in [-0.2, -0.15) is 25.3 Å². The number of carbonyl (C=O) groups excluding carboxylic acids is 17. The van der Waals surface area contributed by atoms with E-state index in [1.165, 1.54) is 36.1 Å². The predicted molar refractivity (Wildman–Crippen MR) is 480 cm³/mol. The fraction of sp³-hybridized carbons (Fsp3) is 0.561. The molecule has 0 saturated carbocycles. The van der Waals surface area contributed by atoms with E-state index in [1.54, 1.807) is 30.5 Å². The Morgan fingerprint density at radius 2 is 0.910 bits per heavy atom. The summed E-state index contributed by atoms with van der Waals surface area (Å²) in [6.45, 7) is 1.49. The van der Waals surface area contributed by atoms with Gasteiger partial charge in [-0.15, -0.1) is 0 Å². The Morgan fingerprint density at radius 1 is 0.470 bits per heavy atom. The molecule has 2 aromatic carbocycles. The molecule has 50 nitrogen and oxygen atoms in total. The molecule has 738 valence electrons. The first-order valence-corrected chi connectivity index (χ1v) is 44.3. The Labute approximate surface area is 778 Å². The van der Waals surface area contributed by atoms with Crippen molar-refractivity contribution in [3.8, 4) is 5.75 Å². The maximum Gasteiger partial charge on any atom is 0.327 e. The summed E-state index contributed by atoms with van der Waals surface area (Å²) in [4.78, 5) is 288. The van der Waals surface area contributed by atoms with Crippen molar-refractivity contribution in [1.82, 2.24) is 94.5 Å². The molecule has 2 aliphatic rings. The lowest BCUT2D eigenvalue weighted by Gasteiger charge is -2.32. The van der Waals surface area contributed by atoms with Crippen LogP contribution in [-0.2, 0) is 114 Å². The number of H-pyrrole nitrogens is 1. The van der Waals surface area contributed by atoms with Crippen LogP contribution in [0.5, 0.6) is 5.75 Å². The lowest BCUT2D eigenvalue weighted by atomic mass is 10.0. The van der Waals surface area contributed by atoms with Gasteiger partial charge in [0.05, 0.1) is 25.2 Å². The number of rotatable bonds is 58. The van der Waals surface area contributed by atoms with Crippen molar-refractivity contribution in [1.29, 1.82) is 5.41 Å². The molecule has 16 atom stereocenters. The van der Waals surface area contributed by atoms with E-state index >= 15 is 0 Å². The summed E-state index contributed by atoms with van der Waals surface area (Å²) in [7, 11) is 0. The van der Waals surface area contributed by atoms with Crippen molar-refractivity contribution in [2.45, 2.75) is 239 Å². The smallest absolute Gasteiger partial charge is 0.327 e. The third-order valence-electron chi connectivity index (χ3n) is 21.5. The van der Waals surface area contributed by atoms with Crippen LogP contribution in [-0.4, -0.2) is 323 Å². The summed E-state index contributed by atoms with van der Waals surface area (Å²) in [5.41, 5.74) is 23.8. The molecular weight excluding hydrogens is 1800 g/mol. The van der Waals surface area contributed by atoms with Gasteiger partial charge in [-0.05, 0) is 140 Å². The van der Waals surface area contributed by atoms with Crippen LogP contribution < -0.4 is 103 Å². The molecule has 0 radical (unpaired) electrons. The maximum atomic E-state index is 14.8. The molecule has 17 amide bonds. The van der Waals surface area contributed by atoms with E-state index in [4.69, 9.17) is 28.3 Å². The minimum absolute atomic E-state index is 0.0243. The number of carbonyl (C=O) groups is 21. The number of aromatic hydroxyl groups is 1. The van der Waals surface area contributed by atoms with Crippen molar-refractivity contribution in [3.63, 3.8) is 0 Å². The predicted octanol–water partition coefficient (Wildman–Crippen LogP) is -8.37. The molecule has 52 heteroatoms. The third kappa shape index (κ3) is 36.9. The van der Waals surface area contributed by atoms with Crippen molar-refractivity contribution >= 4 is 166 Å². The number of phenols is 1. The van der Waals surface area contributed by atoms with Crippen LogP contribution in [0.3, 0.4) is 0 Å². The fourth-order valence-electron chi connectivity index (χ4n) is 14.2. The number of hydrogen-bond acceptors (Lipinski definition) is 28. The average molecular weight is 1930 g/mol. The minimum Gasteiger partial charge on any atom is -0.508 e.